The first-order valence-electron chi connectivity index (χ1n) is 6.09. The van der Waals surface area contributed by atoms with Crippen molar-refractivity contribution in [2.75, 3.05) is 6.61 Å². The van der Waals surface area contributed by atoms with Crippen LogP contribution in [0.3, 0.4) is 0 Å². The number of para-hydroxylation sites is 1. The van der Waals surface area contributed by atoms with Crippen molar-refractivity contribution in [1.82, 2.24) is 9.78 Å². The predicted molar refractivity (Wildman–Crippen MR) is 68.8 cm³/mol. The Balaban J connectivity index is 2.04. The van der Waals surface area contributed by atoms with Crippen molar-refractivity contribution >= 4 is 5.97 Å². The molecule has 2 rings (SSSR count). The van der Waals surface area contributed by atoms with Crippen LogP contribution in [0.4, 0.5) is 0 Å². The molecule has 1 aromatic heterocycles. The van der Waals surface area contributed by atoms with Crippen molar-refractivity contribution in [2.45, 2.75) is 19.8 Å². The molecule has 0 saturated heterocycles. The second-order valence-electron chi connectivity index (χ2n) is 3.97. The topological polar surface area (TPSA) is 44.1 Å². The number of carbonyl (C=O) groups excluding carboxylic acids is 1. The molecule has 0 atom stereocenters. The highest BCUT2D eigenvalue weighted by molar-refractivity contribution is 5.87. The fraction of sp³-hybridized carbons (Fsp3) is 0.286. The van der Waals surface area contributed by atoms with Gasteiger partial charge >= 0.3 is 5.97 Å². The summed E-state index contributed by atoms with van der Waals surface area (Å²) in [7, 11) is 0. The third kappa shape index (κ3) is 2.97. The number of esters is 1. The maximum atomic E-state index is 11.7. The van der Waals surface area contributed by atoms with Crippen LogP contribution in [0.15, 0.2) is 42.6 Å². The third-order valence-electron chi connectivity index (χ3n) is 2.55. The molecule has 2 aromatic rings. The number of carbonyl (C=O) groups is 1. The van der Waals surface area contributed by atoms with Crippen LogP contribution in [0, 0.1) is 0 Å². The summed E-state index contributed by atoms with van der Waals surface area (Å²) < 4.78 is 6.77. The van der Waals surface area contributed by atoms with Crippen molar-refractivity contribution < 1.29 is 9.53 Å². The van der Waals surface area contributed by atoms with Gasteiger partial charge in [0.25, 0.3) is 0 Å². The first kappa shape index (κ1) is 12.4. The fourth-order valence-corrected chi connectivity index (χ4v) is 1.54. The van der Waals surface area contributed by atoms with Crippen molar-refractivity contribution in [2.24, 2.45) is 0 Å². The summed E-state index contributed by atoms with van der Waals surface area (Å²) >= 11 is 0. The van der Waals surface area contributed by atoms with E-state index >= 15 is 0 Å². The summed E-state index contributed by atoms with van der Waals surface area (Å²) in [5.74, 6) is -0.363. The highest BCUT2D eigenvalue weighted by Gasteiger charge is 2.11. The van der Waals surface area contributed by atoms with Crippen LogP contribution in [0.5, 0.6) is 0 Å². The number of unbranched alkanes of at least 4 members (excludes halogenated alkanes) is 1. The first-order chi connectivity index (χ1) is 8.81. The summed E-state index contributed by atoms with van der Waals surface area (Å²) in [5, 5.41) is 4.20. The van der Waals surface area contributed by atoms with Gasteiger partial charge in [-0.25, -0.2) is 9.48 Å². The fourth-order valence-electron chi connectivity index (χ4n) is 1.54. The minimum Gasteiger partial charge on any atom is -0.461 e. The highest BCUT2D eigenvalue weighted by Crippen LogP contribution is 2.07. The van der Waals surface area contributed by atoms with E-state index in [1.165, 1.54) is 0 Å². The predicted octanol–water partition coefficient (Wildman–Crippen LogP) is 2.83. The van der Waals surface area contributed by atoms with Gasteiger partial charge < -0.3 is 4.74 Å². The van der Waals surface area contributed by atoms with Gasteiger partial charge in [-0.2, -0.15) is 5.10 Å². The molecule has 1 aromatic carbocycles. The number of aromatic nitrogens is 2. The Kier molecular flexibility index (Phi) is 4.12. The molecule has 0 N–H and O–H groups in total. The first-order valence-corrected chi connectivity index (χ1v) is 6.09. The van der Waals surface area contributed by atoms with Crippen LogP contribution in [-0.2, 0) is 4.74 Å². The van der Waals surface area contributed by atoms with E-state index in [-0.39, 0.29) is 5.97 Å². The molecule has 0 aliphatic rings. The number of hydrogen-bond acceptors (Lipinski definition) is 3. The average molecular weight is 244 g/mol. The van der Waals surface area contributed by atoms with Gasteiger partial charge in [0.1, 0.15) is 0 Å². The lowest BCUT2D eigenvalue weighted by Crippen LogP contribution is -2.08. The van der Waals surface area contributed by atoms with Crippen LogP contribution in [0.1, 0.15) is 30.3 Å². The lowest BCUT2D eigenvalue weighted by Gasteiger charge is -2.01. The van der Waals surface area contributed by atoms with Gasteiger partial charge in [-0.15, -0.1) is 0 Å². The number of benzene rings is 1. The van der Waals surface area contributed by atoms with Crippen molar-refractivity contribution in [3.63, 3.8) is 0 Å². The van der Waals surface area contributed by atoms with Crippen LogP contribution in [0.2, 0.25) is 0 Å². The molecule has 0 aliphatic heterocycles. The van der Waals surface area contributed by atoms with Crippen LogP contribution < -0.4 is 0 Å². The molecular formula is C14H16N2O2. The molecule has 0 bridgehead atoms. The zero-order valence-corrected chi connectivity index (χ0v) is 10.4. The Morgan fingerprint density at radius 1 is 1.28 bits per heavy atom. The molecule has 1 heterocycles. The zero-order valence-electron chi connectivity index (χ0n) is 10.4. The van der Waals surface area contributed by atoms with Gasteiger partial charge in [0, 0.05) is 6.20 Å². The molecular weight excluding hydrogens is 228 g/mol. The normalized spacial score (nSPS) is 10.3. The van der Waals surface area contributed by atoms with Gasteiger partial charge in [0.2, 0.25) is 0 Å². The summed E-state index contributed by atoms with van der Waals surface area (Å²) in [4.78, 5) is 11.7. The third-order valence-corrected chi connectivity index (χ3v) is 2.55. The maximum Gasteiger partial charge on any atom is 0.358 e. The van der Waals surface area contributed by atoms with Gasteiger partial charge in [-0.3, -0.25) is 0 Å². The lowest BCUT2D eigenvalue weighted by molar-refractivity contribution is 0.0492. The Morgan fingerprint density at radius 3 is 2.78 bits per heavy atom. The molecule has 94 valence electrons. The van der Waals surface area contributed by atoms with Crippen molar-refractivity contribution in [3.8, 4) is 5.69 Å². The van der Waals surface area contributed by atoms with E-state index in [0.717, 1.165) is 18.5 Å². The molecule has 18 heavy (non-hydrogen) atoms. The summed E-state index contributed by atoms with van der Waals surface area (Å²) in [6.07, 6.45) is 3.64. The van der Waals surface area contributed by atoms with Gasteiger partial charge in [0.15, 0.2) is 5.69 Å². The number of nitrogens with zero attached hydrogens (tertiary/aromatic N) is 2. The molecule has 0 spiro atoms. The van der Waals surface area contributed by atoms with Gasteiger partial charge in [-0.1, -0.05) is 31.5 Å². The van der Waals surface area contributed by atoms with E-state index in [1.807, 2.05) is 30.3 Å². The number of hydrogen-bond donors (Lipinski definition) is 0. The van der Waals surface area contributed by atoms with Crippen LogP contribution in [-0.4, -0.2) is 22.4 Å². The van der Waals surface area contributed by atoms with Gasteiger partial charge in [0.05, 0.1) is 12.3 Å². The summed E-state index contributed by atoms with van der Waals surface area (Å²) in [6.45, 7) is 2.51. The Morgan fingerprint density at radius 2 is 2.06 bits per heavy atom. The summed E-state index contributed by atoms with van der Waals surface area (Å²) in [5.41, 5.74) is 1.26. The minimum absolute atomic E-state index is 0.343. The molecule has 0 aliphatic carbocycles. The van der Waals surface area contributed by atoms with Gasteiger partial charge in [-0.05, 0) is 24.6 Å². The van der Waals surface area contributed by atoms with E-state index in [0.29, 0.717) is 12.3 Å². The second kappa shape index (κ2) is 6.00. The molecule has 0 unspecified atom stereocenters. The lowest BCUT2D eigenvalue weighted by atomic mass is 10.3. The van der Waals surface area contributed by atoms with E-state index in [9.17, 15) is 4.79 Å². The van der Waals surface area contributed by atoms with E-state index < -0.39 is 0 Å². The second-order valence-corrected chi connectivity index (χ2v) is 3.97. The smallest absolute Gasteiger partial charge is 0.358 e. The van der Waals surface area contributed by atoms with E-state index in [1.54, 1.807) is 16.9 Å². The quantitative estimate of drug-likeness (QED) is 0.600. The van der Waals surface area contributed by atoms with E-state index in [2.05, 4.69) is 12.0 Å². The number of rotatable bonds is 5. The molecule has 0 amide bonds. The molecule has 4 heteroatoms. The Bertz CT molecular complexity index is 506. The standard InChI is InChI=1S/C14H16N2O2/c1-2-3-11-18-14(17)13-9-10-16(15-13)12-7-5-4-6-8-12/h4-10H,2-3,11H2,1H3. The molecule has 0 saturated carbocycles. The highest BCUT2D eigenvalue weighted by atomic mass is 16.5. The zero-order chi connectivity index (χ0) is 12.8. The van der Waals surface area contributed by atoms with Crippen LogP contribution >= 0.6 is 0 Å². The Hall–Kier alpha value is -2.10. The average Bonchev–Trinajstić information content (AvgIpc) is 2.89. The minimum atomic E-state index is -0.363. The molecule has 4 nitrogen and oxygen atoms in total. The maximum absolute atomic E-state index is 11.7. The molecule has 0 radical (unpaired) electrons. The monoisotopic (exact) mass is 244 g/mol. The van der Waals surface area contributed by atoms with Crippen molar-refractivity contribution in [1.29, 1.82) is 0 Å². The summed E-state index contributed by atoms with van der Waals surface area (Å²) in [6, 6.07) is 11.3. The van der Waals surface area contributed by atoms with Crippen LogP contribution in [0.25, 0.3) is 5.69 Å². The SMILES string of the molecule is CCCCOC(=O)c1ccn(-c2ccccc2)n1. The van der Waals surface area contributed by atoms with Crippen molar-refractivity contribution in [3.05, 3.63) is 48.3 Å². The number of ether oxygens (including phenoxy) is 1. The Labute approximate surface area is 106 Å². The molecule has 0 fully saturated rings. The van der Waals surface area contributed by atoms with E-state index in [4.69, 9.17) is 4.74 Å². The largest absolute Gasteiger partial charge is 0.461 e.